The average molecular weight is 285 g/mol. The van der Waals surface area contributed by atoms with E-state index in [1.54, 1.807) is 0 Å². The Kier molecular flexibility index (Phi) is 3.70. The maximum Gasteiger partial charge on any atom is 0.487 e. The highest BCUT2D eigenvalue weighted by Crippen LogP contribution is 2.37. The van der Waals surface area contributed by atoms with E-state index in [0.29, 0.717) is 5.92 Å². The monoisotopic (exact) mass is 285 g/mol. The Labute approximate surface area is 127 Å². The number of pyridine rings is 1. The summed E-state index contributed by atoms with van der Waals surface area (Å²) in [6.07, 6.45) is 7.86. The molecule has 0 atom stereocenters. The van der Waals surface area contributed by atoms with Crippen LogP contribution >= 0.6 is 0 Å². The molecule has 1 aliphatic heterocycles. The maximum atomic E-state index is 5.97. The topological polar surface area (TPSA) is 31.4 Å². The Morgan fingerprint density at radius 1 is 1.19 bits per heavy atom. The summed E-state index contributed by atoms with van der Waals surface area (Å²) in [6.45, 7) is 8.29. The van der Waals surface area contributed by atoms with E-state index >= 15 is 0 Å². The van der Waals surface area contributed by atoms with Crippen LogP contribution in [0.25, 0.3) is 6.08 Å². The lowest BCUT2D eigenvalue weighted by Crippen LogP contribution is -2.41. The zero-order valence-electron chi connectivity index (χ0n) is 13.4. The minimum atomic E-state index is -0.282. The fourth-order valence-corrected chi connectivity index (χ4v) is 2.65. The van der Waals surface area contributed by atoms with Crippen LogP contribution in [0.5, 0.6) is 0 Å². The van der Waals surface area contributed by atoms with E-state index in [1.165, 1.54) is 30.5 Å². The van der Waals surface area contributed by atoms with Crippen molar-refractivity contribution in [1.82, 2.24) is 4.98 Å². The van der Waals surface area contributed by atoms with Crippen molar-refractivity contribution >= 4 is 13.2 Å². The lowest BCUT2D eigenvalue weighted by Gasteiger charge is -2.32. The van der Waals surface area contributed by atoms with Crippen molar-refractivity contribution in [2.24, 2.45) is 0 Å². The molecule has 2 aliphatic rings. The molecule has 3 nitrogen and oxygen atoms in total. The van der Waals surface area contributed by atoms with Crippen molar-refractivity contribution < 1.29 is 9.31 Å². The molecule has 0 radical (unpaired) electrons. The zero-order chi connectivity index (χ0) is 15.1. The van der Waals surface area contributed by atoms with E-state index in [9.17, 15) is 0 Å². The van der Waals surface area contributed by atoms with Crippen molar-refractivity contribution in [1.29, 1.82) is 0 Å². The van der Waals surface area contributed by atoms with Crippen molar-refractivity contribution in [3.05, 3.63) is 35.6 Å². The molecule has 21 heavy (non-hydrogen) atoms. The van der Waals surface area contributed by atoms with Crippen LogP contribution in [0.1, 0.15) is 64.1 Å². The second-order valence-corrected chi connectivity index (χ2v) is 7.13. The van der Waals surface area contributed by atoms with Crippen LogP contribution in [-0.4, -0.2) is 23.3 Å². The Morgan fingerprint density at radius 3 is 2.43 bits per heavy atom. The largest absolute Gasteiger partial charge is 0.487 e. The Bertz CT molecular complexity index is 533. The highest BCUT2D eigenvalue weighted by atomic mass is 16.7. The molecule has 0 spiro atoms. The standard InChI is InChI=1S/C17H24BNO2/c1-16(2)17(3,4)21-18(20-16)10-8-13-9-11-19-15(12-13)14-6-5-7-14/h8-12,14H,5-7H2,1-4H3/b10-8+. The summed E-state index contributed by atoms with van der Waals surface area (Å²) < 4.78 is 11.9. The quantitative estimate of drug-likeness (QED) is 0.787. The molecule has 1 aromatic heterocycles. The third kappa shape index (κ3) is 2.92. The number of hydrogen-bond acceptors (Lipinski definition) is 3. The normalized spacial score (nSPS) is 24.5. The molecular formula is C17H24BNO2. The number of aromatic nitrogens is 1. The molecule has 0 bridgehead atoms. The molecule has 112 valence electrons. The number of hydrogen-bond donors (Lipinski definition) is 0. The fourth-order valence-electron chi connectivity index (χ4n) is 2.65. The third-order valence-electron chi connectivity index (χ3n) is 5.05. The maximum absolute atomic E-state index is 5.97. The summed E-state index contributed by atoms with van der Waals surface area (Å²) in [5.74, 6) is 2.66. The van der Waals surface area contributed by atoms with Gasteiger partial charge in [-0.3, -0.25) is 4.98 Å². The Balaban J connectivity index is 1.69. The van der Waals surface area contributed by atoms with Gasteiger partial charge in [0.2, 0.25) is 0 Å². The van der Waals surface area contributed by atoms with Crippen LogP contribution < -0.4 is 0 Å². The minimum Gasteiger partial charge on any atom is -0.400 e. The van der Waals surface area contributed by atoms with E-state index in [4.69, 9.17) is 9.31 Å². The molecule has 0 amide bonds. The van der Waals surface area contributed by atoms with Gasteiger partial charge in [-0.1, -0.05) is 18.5 Å². The second kappa shape index (κ2) is 5.26. The lowest BCUT2D eigenvalue weighted by molar-refractivity contribution is 0.00578. The van der Waals surface area contributed by atoms with Crippen molar-refractivity contribution in [3.63, 3.8) is 0 Å². The number of nitrogens with zero attached hydrogens (tertiary/aromatic N) is 1. The van der Waals surface area contributed by atoms with Gasteiger partial charge in [-0.25, -0.2) is 0 Å². The molecule has 1 saturated heterocycles. The molecule has 2 fully saturated rings. The first-order valence-corrected chi connectivity index (χ1v) is 7.87. The first kappa shape index (κ1) is 14.8. The summed E-state index contributed by atoms with van der Waals surface area (Å²) in [4.78, 5) is 4.49. The van der Waals surface area contributed by atoms with Crippen molar-refractivity contribution in [2.45, 2.75) is 64.1 Å². The van der Waals surface area contributed by atoms with Crippen molar-refractivity contribution in [2.75, 3.05) is 0 Å². The molecule has 0 N–H and O–H groups in total. The molecule has 1 aliphatic carbocycles. The first-order valence-electron chi connectivity index (χ1n) is 7.87. The summed E-state index contributed by atoms with van der Waals surface area (Å²) in [5, 5.41) is 0. The lowest BCUT2D eigenvalue weighted by atomic mass is 9.82. The van der Waals surface area contributed by atoms with Gasteiger partial charge in [0, 0.05) is 17.8 Å². The van der Waals surface area contributed by atoms with Gasteiger partial charge in [-0.2, -0.15) is 0 Å². The van der Waals surface area contributed by atoms with Gasteiger partial charge in [0.05, 0.1) is 11.2 Å². The molecule has 0 unspecified atom stereocenters. The van der Waals surface area contributed by atoms with Gasteiger partial charge in [0.15, 0.2) is 0 Å². The minimum absolute atomic E-state index is 0.280. The van der Waals surface area contributed by atoms with Crippen LogP contribution in [0.3, 0.4) is 0 Å². The smallest absolute Gasteiger partial charge is 0.400 e. The predicted molar refractivity (Wildman–Crippen MR) is 85.9 cm³/mol. The molecule has 4 heteroatoms. The van der Waals surface area contributed by atoms with Gasteiger partial charge in [0.1, 0.15) is 0 Å². The molecule has 2 heterocycles. The van der Waals surface area contributed by atoms with E-state index < -0.39 is 0 Å². The molecule has 0 aromatic carbocycles. The van der Waals surface area contributed by atoms with E-state index in [-0.39, 0.29) is 18.3 Å². The summed E-state index contributed by atoms with van der Waals surface area (Å²) in [6, 6.07) is 4.22. The van der Waals surface area contributed by atoms with Gasteiger partial charge in [-0.05, 0) is 58.2 Å². The Morgan fingerprint density at radius 2 is 1.86 bits per heavy atom. The first-order chi connectivity index (χ1) is 9.87. The van der Waals surface area contributed by atoms with E-state index in [2.05, 4.69) is 44.8 Å². The van der Waals surface area contributed by atoms with Crippen LogP contribution in [0, 0.1) is 0 Å². The van der Waals surface area contributed by atoms with Crippen LogP contribution in [-0.2, 0) is 9.31 Å². The summed E-state index contributed by atoms with van der Waals surface area (Å²) >= 11 is 0. The van der Waals surface area contributed by atoms with Crippen LogP contribution in [0.4, 0.5) is 0 Å². The zero-order valence-corrected chi connectivity index (χ0v) is 13.4. The van der Waals surface area contributed by atoms with Gasteiger partial charge in [-0.15, -0.1) is 0 Å². The highest BCUT2D eigenvalue weighted by Gasteiger charge is 2.49. The summed E-state index contributed by atoms with van der Waals surface area (Å²) in [7, 11) is -0.282. The van der Waals surface area contributed by atoms with Gasteiger partial charge < -0.3 is 9.31 Å². The molecule has 1 saturated carbocycles. The predicted octanol–water partition coefficient (Wildman–Crippen LogP) is 3.99. The molecule has 3 rings (SSSR count). The Hall–Kier alpha value is -1.13. The highest BCUT2D eigenvalue weighted by molar-refractivity contribution is 6.52. The van der Waals surface area contributed by atoms with E-state index in [1.807, 2.05) is 18.2 Å². The van der Waals surface area contributed by atoms with Crippen molar-refractivity contribution in [3.8, 4) is 0 Å². The van der Waals surface area contributed by atoms with Crippen LogP contribution in [0.15, 0.2) is 24.3 Å². The SMILES string of the molecule is CC1(C)OB(/C=C/c2ccnc(C3CCC3)c2)OC1(C)C. The molecule has 1 aromatic rings. The second-order valence-electron chi connectivity index (χ2n) is 7.13. The van der Waals surface area contributed by atoms with Gasteiger partial charge in [0.25, 0.3) is 0 Å². The molecular weight excluding hydrogens is 261 g/mol. The third-order valence-corrected chi connectivity index (χ3v) is 5.05. The number of rotatable bonds is 3. The fraction of sp³-hybridized carbons (Fsp3) is 0.588. The average Bonchev–Trinajstić information content (AvgIpc) is 2.54. The van der Waals surface area contributed by atoms with Crippen LogP contribution in [0.2, 0.25) is 0 Å². The van der Waals surface area contributed by atoms with E-state index in [0.717, 1.165) is 0 Å². The van der Waals surface area contributed by atoms with Gasteiger partial charge >= 0.3 is 7.12 Å². The summed E-state index contributed by atoms with van der Waals surface area (Å²) in [5.41, 5.74) is 1.83.